The first-order valence-corrected chi connectivity index (χ1v) is 7.71. The number of hydrogen-bond acceptors (Lipinski definition) is 2. The molecule has 0 saturated carbocycles. The molecular weight excluding hydrogens is 400 g/mol. The summed E-state index contributed by atoms with van der Waals surface area (Å²) in [7, 11) is 0. The fourth-order valence-corrected chi connectivity index (χ4v) is 2.40. The lowest BCUT2D eigenvalue weighted by Crippen LogP contribution is -2.20. The Morgan fingerprint density at radius 1 is 1.10 bits per heavy atom. The van der Waals surface area contributed by atoms with Gasteiger partial charge < -0.3 is 10.1 Å². The molecule has 3 nitrogen and oxygen atoms in total. The van der Waals surface area contributed by atoms with Crippen LogP contribution >= 0.6 is 50.7 Å². The Balaban J connectivity index is 1.94. The molecule has 0 saturated heterocycles. The van der Waals surface area contributed by atoms with Crippen molar-refractivity contribution in [2.75, 3.05) is 11.9 Å². The third-order valence-corrected chi connectivity index (χ3v) is 4.22. The van der Waals surface area contributed by atoms with Gasteiger partial charge >= 0.3 is 0 Å². The van der Waals surface area contributed by atoms with Crippen molar-refractivity contribution in [3.63, 3.8) is 0 Å². The van der Waals surface area contributed by atoms with E-state index in [4.69, 9.17) is 39.5 Å². The lowest BCUT2D eigenvalue weighted by Gasteiger charge is -2.09. The van der Waals surface area contributed by atoms with Crippen molar-refractivity contribution < 1.29 is 9.53 Å². The van der Waals surface area contributed by atoms with Gasteiger partial charge in [0.25, 0.3) is 5.91 Å². The molecule has 7 heteroatoms. The van der Waals surface area contributed by atoms with Gasteiger partial charge in [-0.25, -0.2) is 0 Å². The van der Waals surface area contributed by atoms with Crippen LogP contribution in [-0.4, -0.2) is 12.5 Å². The van der Waals surface area contributed by atoms with E-state index in [2.05, 4.69) is 21.2 Å². The molecule has 0 radical (unpaired) electrons. The molecule has 0 aliphatic heterocycles. The summed E-state index contributed by atoms with van der Waals surface area (Å²) in [6, 6.07) is 9.89. The Morgan fingerprint density at radius 3 is 2.52 bits per heavy atom. The summed E-state index contributed by atoms with van der Waals surface area (Å²) in [5, 5.41) is 4.03. The van der Waals surface area contributed by atoms with Crippen molar-refractivity contribution >= 4 is 62.3 Å². The van der Waals surface area contributed by atoms with Crippen LogP contribution in [0.1, 0.15) is 0 Å². The standard InChI is InChI=1S/C14H9BrCl3NO2/c15-10-3-2-9(6-11(10)17)19-14(20)7-21-13-4-1-8(16)5-12(13)18/h1-6H,7H2,(H,19,20). The van der Waals surface area contributed by atoms with Gasteiger partial charge in [0.2, 0.25) is 0 Å². The van der Waals surface area contributed by atoms with Gasteiger partial charge in [0.15, 0.2) is 6.61 Å². The lowest BCUT2D eigenvalue weighted by atomic mass is 10.3. The predicted octanol–water partition coefficient (Wildman–Crippen LogP) is 5.43. The first-order chi connectivity index (χ1) is 9.95. The Kier molecular flexibility index (Phi) is 5.76. The molecular formula is C14H9BrCl3NO2. The van der Waals surface area contributed by atoms with E-state index >= 15 is 0 Å². The predicted molar refractivity (Wildman–Crippen MR) is 89.7 cm³/mol. The summed E-state index contributed by atoms with van der Waals surface area (Å²) in [5.74, 6) is 0.0736. The fourth-order valence-electron chi connectivity index (χ4n) is 1.51. The van der Waals surface area contributed by atoms with E-state index < -0.39 is 0 Å². The van der Waals surface area contributed by atoms with Crippen LogP contribution in [-0.2, 0) is 4.79 Å². The quantitative estimate of drug-likeness (QED) is 0.732. The second-order valence-corrected chi connectivity index (χ2v) is 6.15. The summed E-state index contributed by atoms with van der Waals surface area (Å²) in [6.07, 6.45) is 0. The molecule has 0 spiro atoms. The van der Waals surface area contributed by atoms with Crippen LogP contribution in [0.25, 0.3) is 0 Å². The molecule has 0 unspecified atom stereocenters. The second-order valence-electron chi connectivity index (χ2n) is 4.04. The molecule has 2 aromatic carbocycles. The van der Waals surface area contributed by atoms with Crippen molar-refractivity contribution in [2.45, 2.75) is 0 Å². The van der Waals surface area contributed by atoms with Crippen molar-refractivity contribution in [3.05, 3.63) is 55.9 Å². The molecule has 0 aromatic heterocycles. The number of carbonyl (C=O) groups is 1. The van der Waals surface area contributed by atoms with E-state index in [1.54, 1.807) is 36.4 Å². The van der Waals surface area contributed by atoms with Gasteiger partial charge in [-0.15, -0.1) is 0 Å². The highest BCUT2D eigenvalue weighted by molar-refractivity contribution is 9.10. The van der Waals surface area contributed by atoms with E-state index in [1.165, 1.54) is 0 Å². The monoisotopic (exact) mass is 407 g/mol. The Bertz CT molecular complexity index is 679. The molecule has 21 heavy (non-hydrogen) atoms. The van der Waals surface area contributed by atoms with Crippen molar-refractivity contribution in [1.29, 1.82) is 0 Å². The summed E-state index contributed by atoms with van der Waals surface area (Å²) in [4.78, 5) is 11.8. The number of amides is 1. The molecule has 1 amide bonds. The van der Waals surface area contributed by atoms with Crippen LogP contribution in [0, 0.1) is 0 Å². The number of nitrogens with one attached hydrogen (secondary N) is 1. The summed E-state index contributed by atoms with van der Waals surface area (Å²) in [6.45, 7) is -0.172. The number of carbonyl (C=O) groups excluding carboxylic acids is 1. The Morgan fingerprint density at radius 2 is 1.86 bits per heavy atom. The number of benzene rings is 2. The van der Waals surface area contributed by atoms with Crippen LogP contribution in [0.15, 0.2) is 40.9 Å². The summed E-state index contributed by atoms with van der Waals surface area (Å²) < 4.78 is 6.09. The number of hydrogen-bond donors (Lipinski definition) is 1. The van der Waals surface area contributed by atoms with Crippen molar-refractivity contribution in [1.82, 2.24) is 0 Å². The second kappa shape index (κ2) is 7.36. The minimum Gasteiger partial charge on any atom is -0.482 e. The first kappa shape index (κ1) is 16.4. The molecule has 0 heterocycles. The third-order valence-electron chi connectivity index (χ3n) is 2.46. The molecule has 0 aliphatic rings. The Labute approximate surface area is 145 Å². The smallest absolute Gasteiger partial charge is 0.262 e. The average molecular weight is 409 g/mol. The molecule has 1 N–H and O–H groups in total. The lowest BCUT2D eigenvalue weighted by molar-refractivity contribution is -0.118. The van der Waals surface area contributed by atoms with E-state index in [-0.39, 0.29) is 12.5 Å². The van der Waals surface area contributed by atoms with Gasteiger partial charge in [-0.3, -0.25) is 4.79 Å². The third kappa shape index (κ3) is 4.78. The Hall–Kier alpha value is -0.940. The van der Waals surface area contributed by atoms with E-state index in [0.717, 1.165) is 4.47 Å². The maximum atomic E-state index is 11.8. The van der Waals surface area contributed by atoms with Crippen LogP contribution in [0.4, 0.5) is 5.69 Å². The molecule has 2 rings (SSSR count). The molecule has 2 aromatic rings. The zero-order chi connectivity index (χ0) is 15.4. The first-order valence-electron chi connectivity index (χ1n) is 5.78. The van der Waals surface area contributed by atoms with Crippen LogP contribution in [0.2, 0.25) is 15.1 Å². The van der Waals surface area contributed by atoms with E-state index in [0.29, 0.717) is 26.5 Å². The van der Waals surface area contributed by atoms with Gasteiger partial charge in [-0.1, -0.05) is 34.8 Å². The molecule has 0 atom stereocenters. The van der Waals surface area contributed by atoms with Crippen LogP contribution < -0.4 is 10.1 Å². The van der Waals surface area contributed by atoms with Crippen molar-refractivity contribution in [3.8, 4) is 5.75 Å². The molecule has 0 bridgehead atoms. The zero-order valence-electron chi connectivity index (χ0n) is 10.5. The average Bonchev–Trinajstić information content (AvgIpc) is 2.42. The van der Waals surface area contributed by atoms with Gasteiger partial charge in [-0.05, 0) is 52.3 Å². The minimum atomic E-state index is -0.320. The van der Waals surface area contributed by atoms with E-state index in [1.807, 2.05) is 0 Å². The zero-order valence-corrected chi connectivity index (χ0v) is 14.4. The maximum absolute atomic E-state index is 11.8. The van der Waals surface area contributed by atoms with Gasteiger partial charge in [0, 0.05) is 15.2 Å². The summed E-state index contributed by atoms with van der Waals surface area (Å²) in [5.41, 5.74) is 0.582. The maximum Gasteiger partial charge on any atom is 0.262 e. The van der Waals surface area contributed by atoms with Crippen LogP contribution in [0.5, 0.6) is 5.75 Å². The number of halogens is 4. The molecule has 0 aliphatic carbocycles. The van der Waals surface area contributed by atoms with Crippen LogP contribution in [0.3, 0.4) is 0 Å². The largest absolute Gasteiger partial charge is 0.482 e. The number of rotatable bonds is 4. The highest BCUT2D eigenvalue weighted by Gasteiger charge is 2.08. The molecule has 110 valence electrons. The normalized spacial score (nSPS) is 10.3. The minimum absolute atomic E-state index is 0.172. The fraction of sp³-hybridized carbons (Fsp3) is 0.0714. The van der Waals surface area contributed by atoms with Gasteiger partial charge in [-0.2, -0.15) is 0 Å². The van der Waals surface area contributed by atoms with Gasteiger partial charge in [0.05, 0.1) is 10.0 Å². The number of ether oxygens (including phenoxy) is 1. The molecule has 0 fully saturated rings. The number of anilines is 1. The van der Waals surface area contributed by atoms with Gasteiger partial charge in [0.1, 0.15) is 5.75 Å². The summed E-state index contributed by atoms with van der Waals surface area (Å²) >= 11 is 20.9. The topological polar surface area (TPSA) is 38.3 Å². The van der Waals surface area contributed by atoms with E-state index in [9.17, 15) is 4.79 Å². The highest BCUT2D eigenvalue weighted by Crippen LogP contribution is 2.28. The van der Waals surface area contributed by atoms with Crippen molar-refractivity contribution in [2.24, 2.45) is 0 Å². The SMILES string of the molecule is O=C(COc1ccc(Cl)cc1Cl)Nc1ccc(Br)c(Cl)c1. The highest BCUT2D eigenvalue weighted by atomic mass is 79.9.